The average Bonchev–Trinajstić information content (AvgIpc) is 3.61. The van der Waals surface area contributed by atoms with Crippen LogP contribution < -0.4 is 15.0 Å². The second-order valence-electron chi connectivity index (χ2n) is 8.91. The normalized spacial score (nSPS) is 18.9. The minimum Gasteiger partial charge on any atom is -0.490 e. The van der Waals surface area contributed by atoms with Crippen LogP contribution in [0.5, 0.6) is 5.75 Å². The summed E-state index contributed by atoms with van der Waals surface area (Å²) in [6.45, 7) is 1.96. The fourth-order valence-electron chi connectivity index (χ4n) is 4.21. The summed E-state index contributed by atoms with van der Waals surface area (Å²) in [5.41, 5.74) is 1.88. The zero-order chi connectivity index (χ0) is 24.6. The van der Waals surface area contributed by atoms with E-state index in [9.17, 15) is 18.0 Å². The van der Waals surface area contributed by atoms with Gasteiger partial charge in [0.1, 0.15) is 5.75 Å². The number of alkyl halides is 3. The highest BCUT2D eigenvalue weighted by atomic mass is 19.4. The quantitative estimate of drug-likeness (QED) is 0.418. The highest BCUT2D eigenvalue weighted by Crippen LogP contribution is 2.39. The maximum atomic E-state index is 13.6. The molecule has 1 aliphatic carbocycles. The van der Waals surface area contributed by atoms with Gasteiger partial charge in [-0.2, -0.15) is 13.2 Å². The zero-order valence-electron chi connectivity index (χ0n) is 19.1. The highest BCUT2D eigenvalue weighted by Gasteiger charge is 2.37. The molecule has 1 amide bonds. The molecule has 2 aliphatic rings. The Bertz CT molecular complexity index is 1240. The Labute approximate surface area is 202 Å². The monoisotopic (exact) mass is 478 g/mol. The molecule has 0 bridgehead atoms. The number of benzene rings is 3. The molecule has 5 rings (SSSR count). The number of carbonyl (C=O) groups is 1. The van der Waals surface area contributed by atoms with E-state index in [-0.39, 0.29) is 18.1 Å². The predicted octanol–water partition coefficient (Wildman–Crippen LogP) is 6.57. The lowest BCUT2D eigenvalue weighted by Crippen LogP contribution is -2.33. The number of halogens is 3. The second-order valence-corrected chi connectivity index (χ2v) is 8.91. The van der Waals surface area contributed by atoms with Crippen molar-refractivity contribution in [3.8, 4) is 5.75 Å². The Morgan fingerprint density at radius 3 is 2.34 bits per heavy atom. The van der Waals surface area contributed by atoms with Crippen LogP contribution in [0.3, 0.4) is 0 Å². The van der Waals surface area contributed by atoms with Crippen LogP contribution in [0.2, 0.25) is 0 Å². The second kappa shape index (κ2) is 9.13. The van der Waals surface area contributed by atoms with Crippen molar-refractivity contribution >= 4 is 11.6 Å². The van der Waals surface area contributed by atoms with Crippen molar-refractivity contribution in [2.75, 3.05) is 4.90 Å². The third-order valence-corrected chi connectivity index (χ3v) is 6.22. The van der Waals surface area contributed by atoms with Gasteiger partial charge >= 0.3 is 6.18 Å². The molecular weight excluding hydrogens is 453 g/mol. The Morgan fingerprint density at radius 2 is 1.69 bits per heavy atom. The molecule has 0 radical (unpaired) electrons. The van der Waals surface area contributed by atoms with Crippen LogP contribution >= 0.6 is 0 Å². The Kier molecular flexibility index (Phi) is 6.01. The van der Waals surface area contributed by atoms with E-state index >= 15 is 0 Å². The molecule has 0 spiro atoms. The van der Waals surface area contributed by atoms with E-state index in [1.807, 2.05) is 67.6 Å². The molecule has 180 valence electrons. The van der Waals surface area contributed by atoms with Crippen LogP contribution in [-0.2, 0) is 11.0 Å². The summed E-state index contributed by atoms with van der Waals surface area (Å²) >= 11 is 0. The number of amides is 1. The first-order valence-corrected chi connectivity index (χ1v) is 11.6. The molecule has 0 aromatic heterocycles. The van der Waals surface area contributed by atoms with Gasteiger partial charge in [0.05, 0.1) is 23.4 Å². The van der Waals surface area contributed by atoms with Crippen LogP contribution in [0.15, 0.2) is 90.6 Å². The maximum Gasteiger partial charge on any atom is 0.416 e. The molecule has 1 fully saturated rings. The van der Waals surface area contributed by atoms with Crippen LogP contribution in [-0.4, -0.2) is 12.0 Å². The van der Waals surface area contributed by atoms with E-state index < -0.39 is 17.8 Å². The Balaban J connectivity index is 1.48. The van der Waals surface area contributed by atoms with E-state index in [0.717, 1.165) is 41.9 Å². The summed E-state index contributed by atoms with van der Waals surface area (Å²) in [6.07, 6.45) is -0.349. The van der Waals surface area contributed by atoms with Crippen molar-refractivity contribution in [2.45, 2.75) is 44.1 Å². The molecule has 1 aliphatic heterocycles. The molecule has 3 aromatic rings. The number of nitrogens with one attached hydrogen (secondary N) is 1. The third-order valence-electron chi connectivity index (χ3n) is 6.22. The molecule has 0 saturated heterocycles. The van der Waals surface area contributed by atoms with Gasteiger partial charge in [-0.1, -0.05) is 42.5 Å². The smallest absolute Gasteiger partial charge is 0.416 e. The lowest BCUT2D eigenvalue weighted by atomic mass is 10.0. The number of anilines is 1. The van der Waals surface area contributed by atoms with Gasteiger partial charge in [-0.05, 0) is 73.4 Å². The van der Waals surface area contributed by atoms with Crippen molar-refractivity contribution < 1.29 is 22.7 Å². The fraction of sp³-hybridized carbons (Fsp3) is 0.250. The first kappa shape index (κ1) is 23.0. The minimum absolute atomic E-state index is 0.135. The number of carbonyl (C=O) groups excluding carboxylic acids is 1. The first-order chi connectivity index (χ1) is 16.8. The Morgan fingerprint density at radius 1 is 0.971 bits per heavy atom. The summed E-state index contributed by atoms with van der Waals surface area (Å²) in [4.78, 5) is 15.1. The molecule has 4 nitrogen and oxygen atoms in total. The number of hydrogen-bond donors (Lipinski definition) is 1. The highest BCUT2D eigenvalue weighted by molar-refractivity contribution is 6.08. The molecule has 1 heterocycles. The first-order valence-electron chi connectivity index (χ1n) is 11.6. The van der Waals surface area contributed by atoms with Gasteiger partial charge in [0.2, 0.25) is 0 Å². The summed E-state index contributed by atoms with van der Waals surface area (Å²) in [7, 11) is 0. The molecule has 1 saturated carbocycles. The van der Waals surface area contributed by atoms with Gasteiger partial charge in [-0.15, -0.1) is 0 Å². The largest absolute Gasteiger partial charge is 0.490 e. The topological polar surface area (TPSA) is 41.6 Å². The van der Waals surface area contributed by atoms with Gasteiger partial charge in [0.15, 0.2) is 0 Å². The molecule has 7 heteroatoms. The number of hydrogen-bond acceptors (Lipinski definition) is 3. The minimum atomic E-state index is -4.45. The Hall–Kier alpha value is -3.74. The molecular formula is C28H25F3N2O2. The van der Waals surface area contributed by atoms with Crippen molar-refractivity contribution in [1.82, 2.24) is 5.32 Å². The standard InChI is InChI=1S/C28H25F3N2O2/c1-18(19-6-3-2-4-7-19)32-25-17-26(20-8-5-9-24(16-20)35-23-14-15-23)33(27(25)34)22-12-10-21(11-13-22)28(29,30)31/h2-13,16-18,23,26,32H,14-15H2,1H3/t18-,26+/m1/s1. The molecule has 35 heavy (non-hydrogen) atoms. The third kappa shape index (κ3) is 5.04. The van der Waals surface area contributed by atoms with Crippen molar-refractivity contribution in [1.29, 1.82) is 0 Å². The van der Waals surface area contributed by atoms with E-state index in [4.69, 9.17) is 4.74 Å². The van der Waals surface area contributed by atoms with Crippen LogP contribution in [0, 0.1) is 0 Å². The number of rotatable bonds is 7. The molecule has 3 aromatic carbocycles. The number of ether oxygens (including phenoxy) is 1. The van der Waals surface area contributed by atoms with Crippen molar-refractivity contribution in [3.63, 3.8) is 0 Å². The summed E-state index contributed by atoms with van der Waals surface area (Å²) < 4.78 is 45.3. The van der Waals surface area contributed by atoms with E-state index in [1.54, 1.807) is 0 Å². The zero-order valence-corrected chi connectivity index (χ0v) is 19.1. The fourth-order valence-corrected chi connectivity index (χ4v) is 4.21. The lowest BCUT2D eigenvalue weighted by molar-refractivity contribution is -0.137. The van der Waals surface area contributed by atoms with Gasteiger partial charge in [-0.3, -0.25) is 9.69 Å². The molecule has 2 atom stereocenters. The number of nitrogens with zero attached hydrogens (tertiary/aromatic N) is 1. The SMILES string of the molecule is C[C@@H](NC1=C[C@@H](c2cccc(OC3CC3)c2)N(c2ccc(C(F)(F)F)cc2)C1=O)c1ccccc1. The summed E-state index contributed by atoms with van der Waals surface area (Å²) in [5.74, 6) is 0.420. The van der Waals surface area contributed by atoms with Crippen LogP contribution in [0.25, 0.3) is 0 Å². The summed E-state index contributed by atoms with van der Waals surface area (Å²) in [5, 5.41) is 3.30. The van der Waals surface area contributed by atoms with Crippen molar-refractivity contribution in [3.05, 3.63) is 107 Å². The van der Waals surface area contributed by atoms with Gasteiger partial charge in [0, 0.05) is 11.7 Å². The lowest BCUT2D eigenvalue weighted by Gasteiger charge is -2.26. The maximum absolute atomic E-state index is 13.6. The van der Waals surface area contributed by atoms with E-state index in [1.165, 1.54) is 17.0 Å². The van der Waals surface area contributed by atoms with Gasteiger partial charge < -0.3 is 10.1 Å². The van der Waals surface area contributed by atoms with Gasteiger partial charge in [0.25, 0.3) is 5.91 Å². The average molecular weight is 479 g/mol. The molecule has 1 N–H and O–H groups in total. The van der Waals surface area contributed by atoms with Crippen LogP contribution in [0.1, 0.15) is 48.5 Å². The predicted molar refractivity (Wildman–Crippen MR) is 128 cm³/mol. The molecule has 0 unspecified atom stereocenters. The van der Waals surface area contributed by atoms with Gasteiger partial charge in [-0.25, -0.2) is 0 Å². The van der Waals surface area contributed by atoms with E-state index in [0.29, 0.717) is 11.4 Å². The van der Waals surface area contributed by atoms with Crippen molar-refractivity contribution in [2.24, 2.45) is 0 Å². The van der Waals surface area contributed by atoms with Crippen LogP contribution in [0.4, 0.5) is 18.9 Å². The summed E-state index contributed by atoms with van der Waals surface area (Å²) in [6, 6.07) is 21.3. The van der Waals surface area contributed by atoms with E-state index in [2.05, 4.69) is 5.32 Å².